The molecule has 1 fully saturated rings. The molecule has 1 N–H and O–H groups in total. The summed E-state index contributed by atoms with van der Waals surface area (Å²) in [5.74, 6) is -0.211. The number of imide groups is 2. The van der Waals surface area contributed by atoms with E-state index in [0.29, 0.717) is 30.5 Å². The fourth-order valence-electron chi connectivity index (χ4n) is 3.96. The third-order valence-electron chi connectivity index (χ3n) is 6.18. The van der Waals surface area contributed by atoms with Crippen LogP contribution in [0.4, 0.5) is 10.5 Å². The number of benzene rings is 2. The van der Waals surface area contributed by atoms with Gasteiger partial charge in [-0.05, 0) is 72.9 Å². The molecular formula is C28H29N3O4. The van der Waals surface area contributed by atoms with Gasteiger partial charge in [0, 0.05) is 11.9 Å². The smallest absolute Gasteiger partial charge is 0.335 e. The van der Waals surface area contributed by atoms with Crippen LogP contribution in [0, 0.1) is 6.92 Å². The lowest BCUT2D eigenvalue weighted by molar-refractivity contribution is -0.122. The number of rotatable bonds is 8. The number of aromatic nitrogens is 1. The zero-order valence-corrected chi connectivity index (χ0v) is 20.2. The Bertz CT molecular complexity index is 1270. The van der Waals surface area contributed by atoms with E-state index in [2.05, 4.69) is 19.2 Å². The zero-order valence-electron chi connectivity index (χ0n) is 20.2. The van der Waals surface area contributed by atoms with E-state index in [-0.39, 0.29) is 5.57 Å². The molecule has 2 aromatic carbocycles. The Labute approximate surface area is 205 Å². The second-order valence-corrected chi connectivity index (χ2v) is 8.65. The molecule has 1 aliphatic rings. The molecule has 0 saturated carbocycles. The summed E-state index contributed by atoms with van der Waals surface area (Å²) in [5.41, 5.74) is 3.22. The third kappa shape index (κ3) is 5.35. The van der Waals surface area contributed by atoms with Crippen LogP contribution in [0.2, 0.25) is 0 Å². The highest BCUT2D eigenvalue weighted by Crippen LogP contribution is 2.25. The van der Waals surface area contributed by atoms with Gasteiger partial charge in [0.15, 0.2) is 0 Å². The van der Waals surface area contributed by atoms with Gasteiger partial charge in [0.05, 0.1) is 12.2 Å². The molecule has 35 heavy (non-hydrogen) atoms. The normalized spacial score (nSPS) is 15.9. The largest absolute Gasteiger partial charge is 0.492 e. The van der Waals surface area contributed by atoms with E-state index in [4.69, 9.17) is 4.74 Å². The number of carbonyl (C=O) groups is 3. The Balaban J connectivity index is 1.52. The summed E-state index contributed by atoms with van der Waals surface area (Å²) in [6.07, 6.45) is 4.35. The van der Waals surface area contributed by atoms with Crippen LogP contribution < -0.4 is 15.0 Å². The summed E-state index contributed by atoms with van der Waals surface area (Å²) in [6.45, 7) is 7.17. The highest BCUT2D eigenvalue weighted by Gasteiger charge is 2.37. The lowest BCUT2D eigenvalue weighted by Crippen LogP contribution is -2.54. The van der Waals surface area contributed by atoms with Crippen molar-refractivity contribution in [3.63, 3.8) is 0 Å². The summed E-state index contributed by atoms with van der Waals surface area (Å²) < 4.78 is 7.72. The molecule has 0 radical (unpaired) electrons. The van der Waals surface area contributed by atoms with Crippen molar-refractivity contribution < 1.29 is 19.1 Å². The molecule has 0 unspecified atom stereocenters. The van der Waals surface area contributed by atoms with Crippen LogP contribution in [0.1, 0.15) is 43.0 Å². The van der Waals surface area contributed by atoms with E-state index in [0.717, 1.165) is 28.2 Å². The molecule has 7 heteroatoms. The number of urea groups is 1. The summed E-state index contributed by atoms with van der Waals surface area (Å²) in [7, 11) is 0. The maximum atomic E-state index is 13.2. The SMILES string of the molecule is CC[C@H](C)c1ccc(N2C(=O)NC(=O)/C(=C/c3cccn3CCOc3cccc(C)c3)C2=O)cc1. The molecule has 1 aromatic heterocycles. The van der Waals surface area contributed by atoms with Crippen LogP contribution in [0.25, 0.3) is 6.08 Å². The van der Waals surface area contributed by atoms with Gasteiger partial charge in [-0.15, -0.1) is 0 Å². The zero-order chi connectivity index (χ0) is 24.9. The minimum absolute atomic E-state index is 0.102. The van der Waals surface area contributed by atoms with Crippen molar-refractivity contribution in [2.24, 2.45) is 0 Å². The Morgan fingerprint density at radius 3 is 2.51 bits per heavy atom. The topological polar surface area (TPSA) is 80.6 Å². The molecule has 4 rings (SSSR count). The van der Waals surface area contributed by atoms with Gasteiger partial charge >= 0.3 is 6.03 Å². The van der Waals surface area contributed by atoms with Crippen LogP contribution in [0.15, 0.2) is 72.4 Å². The number of aryl methyl sites for hydroxylation is 1. The van der Waals surface area contributed by atoms with Gasteiger partial charge in [0.1, 0.15) is 17.9 Å². The van der Waals surface area contributed by atoms with Gasteiger partial charge in [-0.3, -0.25) is 14.9 Å². The van der Waals surface area contributed by atoms with Crippen molar-refractivity contribution in [1.29, 1.82) is 0 Å². The molecular weight excluding hydrogens is 442 g/mol. The van der Waals surface area contributed by atoms with Crippen molar-refractivity contribution in [2.75, 3.05) is 11.5 Å². The summed E-state index contributed by atoms with van der Waals surface area (Å²) in [6, 6.07) is 18.0. The van der Waals surface area contributed by atoms with Crippen molar-refractivity contribution in [3.8, 4) is 5.75 Å². The predicted octanol–water partition coefficient (Wildman–Crippen LogP) is 5.06. The van der Waals surface area contributed by atoms with Gasteiger partial charge in [-0.1, -0.05) is 38.1 Å². The molecule has 7 nitrogen and oxygen atoms in total. The standard InChI is InChI=1S/C28H29N3O4/c1-4-20(3)21-10-12-22(13-11-21)31-27(33)25(26(32)29-28(31)34)18-23-8-6-14-30(23)15-16-35-24-9-5-7-19(2)17-24/h5-14,17-18,20H,4,15-16H2,1-3H3,(H,29,32,34)/b25-18-/t20-/m0/s1. The number of hydrogen-bond donors (Lipinski definition) is 1. The third-order valence-corrected chi connectivity index (χ3v) is 6.18. The van der Waals surface area contributed by atoms with Gasteiger partial charge in [0.25, 0.3) is 11.8 Å². The van der Waals surface area contributed by atoms with E-state index >= 15 is 0 Å². The number of ether oxygens (including phenoxy) is 1. The Morgan fingerprint density at radius 2 is 1.80 bits per heavy atom. The van der Waals surface area contributed by atoms with Crippen molar-refractivity contribution in [2.45, 2.75) is 39.7 Å². The molecule has 1 aliphatic heterocycles. The van der Waals surface area contributed by atoms with E-state index in [9.17, 15) is 14.4 Å². The van der Waals surface area contributed by atoms with Crippen LogP contribution in [-0.2, 0) is 16.1 Å². The maximum Gasteiger partial charge on any atom is 0.335 e. The van der Waals surface area contributed by atoms with Crippen molar-refractivity contribution >= 4 is 29.6 Å². The second kappa shape index (κ2) is 10.4. The lowest BCUT2D eigenvalue weighted by atomic mass is 9.98. The fourth-order valence-corrected chi connectivity index (χ4v) is 3.96. The van der Waals surface area contributed by atoms with Crippen LogP contribution in [0.3, 0.4) is 0 Å². The number of anilines is 1. The predicted molar refractivity (Wildman–Crippen MR) is 135 cm³/mol. The van der Waals surface area contributed by atoms with Crippen LogP contribution in [-0.4, -0.2) is 29.0 Å². The quantitative estimate of drug-likeness (QED) is 0.368. The fraction of sp³-hybridized carbons (Fsp3) is 0.250. The first-order chi connectivity index (χ1) is 16.9. The Morgan fingerprint density at radius 1 is 1.03 bits per heavy atom. The van der Waals surface area contributed by atoms with Gasteiger partial charge < -0.3 is 9.30 Å². The average molecular weight is 472 g/mol. The first-order valence-corrected chi connectivity index (χ1v) is 11.7. The first-order valence-electron chi connectivity index (χ1n) is 11.7. The Kier molecular flexibility index (Phi) is 7.15. The van der Waals surface area contributed by atoms with Gasteiger partial charge in [0.2, 0.25) is 0 Å². The van der Waals surface area contributed by atoms with E-state index in [1.165, 1.54) is 6.08 Å². The molecule has 0 spiro atoms. The summed E-state index contributed by atoms with van der Waals surface area (Å²) in [5, 5.41) is 2.28. The molecule has 2 heterocycles. The van der Waals surface area contributed by atoms with E-state index in [1.54, 1.807) is 12.1 Å². The summed E-state index contributed by atoms with van der Waals surface area (Å²) in [4.78, 5) is 39.3. The highest BCUT2D eigenvalue weighted by atomic mass is 16.5. The number of amides is 4. The monoisotopic (exact) mass is 471 g/mol. The molecule has 1 atom stereocenters. The Hall–Kier alpha value is -4.13. The first kappa shape index (κ1) is 24.0. The average Bonchev–Trinajstić information content (AvgIpc) is 3.28. The summed E-state index contributed by atoms with van der Waals surface area (Å²) >= 11 is 0. The van der Waals surface area contributed by atoms with Crippen LogP contribution in [0.5, 0.6) is 5.75 Å². The van der Waals surface area contributed by atoms with E-state index in [1.807, 2.05) is 66.2 Å². The van der Waals surface area contributed by atoms with Gasteiger partial charge in [-0.25, -0.2) is 9.69 Å². The molecule has 3 aromatic rings. The minimum atomic E-state index is -0.754. The number of hydrogen-bond acceptors (Lipinski definition) is 4. The second-order valence-electron chi connectivity index (χ2n) is 8.65. The maximum absolute atomic E-state index is 13.2. The number of barbiturate groups is 1. The number of nitrogens with one attached hydrogen (secondary N) is 1. The lowest BCUT2D eigenvalue weighted by Gasteiger charge is -2.26. The van der Waals surface area contributed by atoms with Crippen molar-refractivity contribution in [3.05, 3.63) is 89.3 Å². The highest BCUT2D eigenvalue weighted by molar-refractivity contribution is 6.39. The van der Waals surface area contributed by atoms with Gasteiger partial charge in [-0.2, -0.15) is 0 Å². The van der Waals surface area contributed by atoms with E-state index < -0.39 is 17.8 Å². The van der Waals surface area contributed by atoms with Crippen LogP contribution >= 0.6 is 0 Å². The number of nitrogens with zero attached hydrogens (tertiary/aromatic N) is 2. The molecule has 4 amide bonds. The van der Waals surface area contributed by atoms with Crippen molar-refractivity contribution in [1.82, 2.24) is 9.88 Å². The molecule has 0 aliphatic carbocycles. The molecule has 180 valence electrons. The number of carbonyl (C=O) groups excluding carboxylic acids is 3. The molecule has 1 saturated heterocycles. The molecule has 0 bridgehead atoms. The minimum Gasteiger partial charge on any atom is -0.492 e.